The van der Waals surface area contributed by atoms with E-state index in [0.29, 0.717) is 11.0 Å². The van der Waals surface area contributed by atoms with Crippen LogP contribution in [-0.2, 0) is 11.3 Å². The fourth-order valence-corrected chi connectivity index (χ4v) is 2.76. The van der Waals surface area contributed by atoms with Crippen molar-refractivity contribution in [2.75, 3.05) is 13.1 Å². The van der Waals surface area contributed by atoms with E-state index in [4.69, 9.17) is 0 Å². The lowest BCUT2D eigenvalue weighted by atomic mass is 10.1. The Balaban J connectivity index is 1.99. The third-order valence-corrected chi connectivity index (χ3v) is 3.88. The van der Waals surface area contributed by atoms with Crippen molar-refractivity contribution in [1.82, 2.24) is 14.5 Å². The molecular formula is C15H17N3O3. The van der Waals surface area contributed by atoms with Crippen molar-refractivity contribution in [2.45, 2.75) is 25.8 Å². The Morgan fingerprint density at radius 1 is 1.10 bits per heavy atom. The van der Waals surface area contributed by atoms with Gasteiger partial charge in [-0.3, -0.25) is 19.0 Å². The molecule has 2 aromatic rings. The third kappa shape index (κ3) is 2.61. The van der Waals surface area contributed by atoms with Crippen molar-refractivity contribution < 1.29 is 4.79 Å². The van der Waals surface area contributed by atoms with Crippen LogP contribution in [0.15, 0.2) is 33.9 Å². The van der Waals surface area contributed by atoms with E-state index in [1.807, 2.05) is 0 Å². The summed E-state index contributed by atoms with van der Waals surface area (Å²) in [6.07, 6.45) is 3.13. The Hall–Kier alpha value is -2.37. The van der Waals surface area contributed by atoms with Crippen molar-refractivity contribution in [3.8, 4) is 0 Å². The maximum atomic E-state index is 12.3. The molecule has 1 aromatic carbocycles. The van der Waals surface area contributed by atoms with Gasteiger partial charge in [-0.2, -0.15) is 0 Å². The van der Waals surface area contributed by atoms with Gasteiger partial charge in [0.15, 0.2) is 0 Å². The molecule has 0 saturated carbocycles. The Kier molecular flexibility index (Phi) is 3.60. The Bertz CT molecular complexity index is 785. The van der Waals surface area contributed by atoms with Gasteiger partial charge in [-0.05, 0) is 31.4 Å². The molecule has 1 aliphatic rings. The number of nitrogens with zero attached hydrogens (tertiary/aromatic N) is 2. The zero-order valence-electron chi connectivity index (χ0n) is 11.7. The highest BCUT2D eigenvalue weighted by Crippen LogP contribution is 2.11. The van der Waals surface area contributed by atoms with Crippen LogP contribution in [0, 0.1) is 0 Å². The minimum absolute atomic E-state index is 0.0801. The van der Waals surface area contributed by atoms with Gasteiger partial charge in [-0.1, -0.05) is 12.1 Å². The average molecular weight is 287 g/mol. The van der Waals surface area contributed by atoms with Crippen molar-refractivity contribution in [1.29, 1.82) is 0 Å². The van der Waals surface area contributed by atoms with Gasteiger partial charge in [0.1, 0.15) is 6.54 Å². The molecule has 21 heavy (non-hydrogen) atoms. The van der Waals surface area contributed by atoms with Gasteiger partial charge in [-0.15, -0.1) is 0 Å². The number of hydrogen-bond donors (Lipinski definition) is 1. The number of carbonyl (C=O) groups excluding carboxylic acids is 1. The number of fused-ring (bicyclic) bond motifs is 1. The average Bonchev–Trinajstić information content (AvgIpc) is 2.52. The van der Waals surface area contributed by atoms with Crippen LogP contribution in [0.3, 0.4) is 0 Å². The van der Waals surface area contributed by atoms with Gasteiger partial charge in [-0.25, -0.2) is 0 Å². The van der Waals surface area contributed by atoms with Crippen LogP contribution >= 0.6 is 0 Å². The van der Waals surface area contributed by atoms with Gasteiger partial charge in [0.05, 0.1) is 11.0 Å². The molecule has 6 nitrogen and oxygen atoms in total. The molecule has 0 bridgehead atoms. The monoisotopic (exact) mass is 287 g/mol. The lowest BCUT2D eigenvalue weighted by Crippen LogP contribution is -2.43. The summed E-state index contributed by atoms with van der Waals surface area (Å²) in [6, 6.07) is 7.01. The number of nitrogens with one attached hydrogen (secondary N) is 1. The topological polar surface area (TPSA) is 75.2 Å². The van der Waals surface area contributed by atoms with Crippen LogP contribution in [0.4, 0.5) is 0 Å². The first kappa shape index (κ1) is 13.6. The summed E-state index contributed by atoms with van der Waals surface area (Å²) in [6.45, 7) is 1.38. The molecule has 1 N–H and O–H groups in total. The van der Waals surface area contributed by atoms with Crippen LogP contribution in [0.5, 0.6) is 0 Å². The number of benzene rings is 1. The summed E-state index contributed by atoms with van der Waals surface area (Å²) in [5, 5.41) is 0. The Morgan fingerprint density at radius 3 is 2.57 bits per heavy atom. The highest BCUT2D eigenvalue weighted by molar-refractivity contribution is 5.80. The first-order chi connectivity index (χ1) is 10.2. The minimum atomic E-state index is -0.694. The molecule has 1 amide bonds. The van der Waals surface area contributed by atoms with Crippen LogP contribution < -0.4 is 11.1 Å². The molecule has 0 spiro atoms. The van der Waals surface area contributed by atoms with Crippen molar-refractivity contribution in [3.63, 3.8) is 0 Å². The Labute approximate surface area is 121 Å². The summed E-state index contributed by atoms with van der Waals surface area (Å²) in [5.41, 5.74) is -0.236. The van der Waals surface area contributed by atoms with Crippen molar-refractivity contribution in [2.24, 2.45) is 0 Å². The maximum absolute atomic E-state index is 12.3. The summed E-state index contributed by atoms with van der Waals surface area (Å²) >= 11 is 0. The van der Waals surface area contributed by atoms with Gasteiger partial charge in [0.2, 0.25) is 5.91 Å². The fraction of sp³-hybridized carbons (Fsp3) is 0.400. The molecule has 3 rings (SSSR count). The SMILES string of the molecule is O=C(Cn1c(=O)c(=O)[nH]c2ccccc21)N1CCCCC1. The summed E-state index contributed by atoms with van der Waals surface area (Å²) < 4.78 is 1.27. The van der Waals surface area contributed by atoms with Crippen LogP contribution in [0.1, 0.15) is 19.3 Å². The van der Waals surface area contributed by atoms with E-state index in [2.05, 4.69) is 4.98 Å². The van der Waals surface area contributed by atoms with Gasteiger partial charge in [0, 0.05) is 13.1 Å². The zero-order valence-corrected chi connectivity index (χ0v) is 11.7. The number of para-hydroxylation sites is 2. The van der Waals surface area contributed by atoms with E-state index in [9.17, 15) is 14.4 Å². The van der Waals surface area contributed by atoms with E-state index in [0.717, 1.165) is 32.4 Å². The number of H-pyrrole nitrogens is 1. The van der Waals surface area contributed by atoms with Crippen LogP contribution in [0.2, 0.25) is 0 Å². The number of aromatic nitrogens is 2. The highest BCUT2D eigenvalue weighted by atomic mass is 16.2. The minimum Gasteiger partial charge on any atom is -0.341 e. The summed E-state index contributed by atoms with van der Waals surface area (Å²) in [4.78, 5) is 40.4. The zero-order chi connectivity index (χ0) is 14.8. The lowest BCUT2D eigenvalue weighted by molar-refractivity contribution is -0.132. The van der Waals surface area contributed by atoms with Gasteiger partial charge in [0.25, 0.3) is 0 Å². The lowest BCUT2D eigenvalue weighted by Gasteiger charge is -2.27. The maximum Gasteiger partial charge on any atom is 0.317 e. The molecule has 6 heteroatoms. The number of rotatable bonds is 2. The second kappa shape index (κ2) is 5.55. The van der Waals surface area contributed by atoms with Gasteiger partial charge < -0.3 is 9.88 Å². The quantitative estimate of drug-likeness (QED) is 0.826. The predicted octanol–water partition coefficient (Wildman–Crippen LogP) is 0.702. The first-order valence-corrected chi connectivity index (χ1v) is 7.16. The summed E-state index contributed by atoms with van der Waals surface area (Å²) in [7, 11) is 0. The number of aromatic amines is 1. The molecule has 2 heterocycles. The number of piperidine rings is 1. The number of hydrogen-bond acceptors (Lipinski definition) is 3. The molecular weight excluding hydrogens is 270 g/mol. The van der Waals surface area contributed by atoms with Gasteiger partial charge >= 0.3 is 11.1 Å². The number of carbonyl (C=O) groups is 1. The van der Waals surface area contributed by atoms with E-state index < -0.39 is 11.1 Å². The predicted molar refractivity (Wildman–Crippen MR) is 79.3 cm³/mol. The molecule has 0 unspecified atom stereocenters. The molecule has 1 aromatic heterocycles. The largest absolute Gasteiger partial charge is 0.341 e. The molecule has 0 aliphatic carbocycles. The van der Waals surface area contributed by atoms with E-state index in [1.165, 1.54) is 4.57 Å². The molecule has 0 radical (unpaired) electrons. The van der Waals surface area contributed by atoms with E-state index in [1.54, 1.807) is 29.2 Å². The van der Waals surface area contributed by atoms with Crippen LogP contribution in [-0.4, -0.2) is 33.4 Å². The Morgan fingerprint density at radius 2 is 1.81 bits per heavy atom. The van der Waals surface area contributed by atoms with Crippen LogP contribution in [0.25, 0.3) is 11.0 Å². The second-order valence-electron chi connectivity index (χ2n) is 5.30. The fourth-order valence-electron chi connectivity index (χ4n) is 2.76. The molecule has 1 saturated heterocycles. The number of likely N-dealkylation sites (tertiary alicyclic amines) is 1. The first-order valence-electron chi connectivity index (χ1n) is 7.16. The molecule has 1 aliphatic heterocycles. The van der Waals surface area contributed by atoms with Crippen molar-refractivity contribution in [3.05, 3.63) is 45.0 Å². The molecule has 0 atom stereocenters. The smallest absolute Gasteiger partial charge is 0.317 e. The summed E-state index contributed by atoms with van der Waals surface area (Å²) in [5.74, 6) is -0.104. The van der Waals surface area contributed by atoms with Crippen molar-refractivity contribution >= 4 is 16.9 Å². The second-order valence-corrected chi connectivity index (χ2v) is 5.30. The number of amides is 1. The van der Waals surface area contributed by atoms with E-state index >= 15 is 0 Å². The molecule has 1 fully saturated rings. The third-order valence-electron chi connectivity index (χ3n) is 3.88. The van der Waals surface area contributed by atoms with E-state index in [-0.39, 0.29) is 12.5 Å². The highest BCUT2D eigenvalue weighted by Gasteiger charge is 2.18. The standard InChI is InChI=1S/C15H17N3O3/c19-13(17-8-4-1-5-9-17)10-18-12-7-3-2-6-11(12)16-14(20)15(18)21/h2-3,6-7H,1,4-5,8-10H2,(H,16,20). The normalized spacial score (nSPS) is 15.3. The molecule has 110 valence electrons.